The highest BCUT2D eigenvalue weighted by Gasteiger charge is 2.34. The molecule has 0 saturated heterocycles. The first-order valence-corrected chi connectivity index (χ1v) is 6.41. The zero-order valence-corrected chi connectivity index (χ0v) is 10.3. The summed E-state index contributed by atoms with van der Waals surface area (Å²) in [5, 5.41) is 0. The predicted molar refractivity (Wildman–Crippen MR) is 67.6 cm³/mol. The van der Waals surface area contributed by atoms with Gasteiger partial charge in [0.2, 0.25) is 0 Å². The van der Waals surface area contributed by atoms with Crippen LogP contribution in [0.15, 0.2) is 24.3 Å². The number of hydrogen-bond acceptors (Lipinski definition) is 1. The van der Waals surface area contributed by atoms with E-state index in [-0.39, 0.29) is 5.60 Å². The predicted octanol–water partition coefficient (Wildman–Crippen LogP) is 4.36. The van der Waals surface area contributed by atoms with Gasteiger partial charge in [0.1, 0.15) is 11.4 Å². The summed E-state index contributed by atoms with van der Waals surface area (Å²) in [7, 11) is 0. The lowest BCUT2D eigenvalue weighted by Crippen LogP contribution is -2.38. The van der Waals surface area contributed by atoms with Gasteiger partial charge in [0, 0.05) is 0 Å². The highest BCUT2D eigenvalue weighted by molar-refractivity contribution is 5.41. The topological polar surface area (TPSA) is 9.23 Å². The van der Waals surface area contributed by atoms with Crippen LogP contribution < -0.4 is 4.74 Å². The Morgan fingerprint density at radius 1 is 1.12 bits per heavy atom. The van der Waals surface area contributed by atoms with Crippen LogP contribution in [0.2, 0.25) is 0 Å². The van der Waals surface area contributed by atoms with Crippen LogP contribution in [0.1, 0.15) is 51.5 Å². The minimum atomic E-state index is 0.0673. The first-order valence-electron chi connectivity index (χ1n) is 6.41. The van der Waals surface area contributed by atoms with Gasteiger partial charge in [-0.25, -0.2) is 0 Å². The molecule has 0 bridgehead atoms. The molecule has 1 aliphatic rings. The first kappa shape index (κ1) is 11.5. The molecule has 0 saturated carbocycles. The zero-order valence-electron chi connectivity index (χ0n) is 10.3. The molecule has 1 heterocycles. The van der Waals surface area contributed by atoms with Crippen molar-refractivity contribution in [1.82, 2.24) is 0 Å². The normalized spacial score (nSPS) is 17.6. The van der Waals surface area contributed by atoms with Crippen LogP contribution in [0.4, 0.5) is 0 Å². The molecule has 87 valence electrons. The Labute approximate surface area is 98.8 Å². The molecule has 0 fully saturated rings. The van der Waals surface area contributed by atoms with Gasteiger partial charge >= 0.3 is 0 Å². The zero-order chi connectivity index (χ0) is 11.4. The van der Waals surface area contributed by atoms with E-state index in [4.69, 9.17) is 4.74 Å². The van der Waals surface area contributed by atoms with Gasteiger partial charge in [-0.05, 0) is 37.3 Å². The first-order chi connectivity index (χ1) is 7.79. The number of fused-ring (bicyclic) bond motifs is 1. The van der Waals surface area contributed by atoms with E-state index in [1.54, 1.807) is 0 Å². The van der Waals surface area contributed by atoms with Crippen LogP contribution >= 0.6 is 0 Å². The summed E-state index contributed by atoms with van der Waals surface area (Å²) in [4.78, 5) is 0. The quantitative estimate of drug-likeness (QED) is 0.728. The van der Waals surface area contributed by atoms with Crippen molar-refractivity contribution < 1.29 is 4.74 Å². The van der Waals surface area contributed by atoms with Crippen LogP contribution in [0, 0.1) is 6.42 Å². The maximum absolute atomic E-state index is 6.27. The summed E-state index contributed by atoms with van der Waals surface area (Å²) in [5.41, 5.74) is 1.32. The lowest BCUT2D eigenvalue weighted by molar-refractivity contribution is 0.0396. The minimum absolute atomic E-state index is 0.0673. The molecule has 0 spiro atoms. The third kappa shape index (κ3) is 2.23. The fraction of sp³-hybridized carbons (Fsp3) is 0.533. The molecule has 16 heavy (non-hydrogen) atoms. The number of ether oxygens (including phenoxy) is 1. The minimum Gasteiger partial charge on any atom is -0.487 e. The van der Waals surface area contributed by atoms with Gasteiger partial charge in [0.25, 0.3) is 0 Å². The summed E-state index contributed by atoms with van der Waals surface area (Å²) in [6.45, 7) is 4.47. The Morgan fingerprint density at radius 2 is 1.81 bits per heavy atom. The summed E-state index contributed by atoms with van der Waals surface area (Å²) in [5.74, 6) is 1.07. The Hall–Kier alpha value is -0.980. The van der Waals surface area contributed by atoms with E-state index < -0.39 is 0 Å². The third-order valence-electron chi connectivity index (χ3n) is 3.35. The molecule has 1 nitrogen and oxygen atoms in total. The van der Waals surface area contributed by atoms with E-state index in [2.05, 4.69) is 44.5 Å². The molecular weight excluding hydrogens is 196 g/mol. The van der Waals surface area contributed by atoms with Crippen LogP contribution in [-0.4, -0.2) is 5.60 Å². The molecule has 1 aromatic rings. The SMILES string of the molecule is CCCC1(CCC)C[CH]c2ccccc2O1. The molecule has 0 amide bonds. The van der Waals surface area contributed by atoms with Crippen LogP contribution in [-0.2, 0) is 0 Å². The summed E-state index contributed by atoms with van der Waals surface area (Å²) >= 11 is 0. The number of benzene rings is 1. The molecule has 1 aliphatic heterocycles. The molecule has 0 unspecified atom stereocenters. The average Bonchev–Trinajstić information content (AvgIpc) is 2.30. The smallest absolute Gasteiger partial charge is 0.123 e. The van der Waals surface area contributed by atoms with Gasteiger partial charge in [-0.2, -0.15) is 0 Å². The lowest BCUT2D eigenvalue weighted by atomic mass is 9.84. The second-order valence-corrected chi connectivity index (χ2v) is 4.73. The average molecular weight is 217 g/mol. The number of rotatable bonds is 4. The van der Waals surface area contributed by atoms with Crippen molar-refractivity contribution >= 4 is 0 Å². The molecule has 1 radical (unpaired) electrons. The van der Waals surface area contributed by atoms with Gasteiger partial charge in [-0.15, -0.1) is 0 Å². The van der Waals surface area contributed by atoms with Crippen molar-refractivity contribution in [3.8, 4) is 5.75 Å². The van der Waals surface area contributed by atoms with Crippen molar-refractivity contribution in [1.29, 1.82) is 0 Å². The van der Waals surface area contributed by atoms with Crippen molar-refractivity contribution in [3.63, 3.8) is 0 Å². The van der Waals surface area contributed by atoms with E-state index in [1.165, 1.54) is 18.4 Å². The van der Waals surface area contributed by atoms with Crippen molar-refractivity contribution in [2.75, 3.05) is 0 Å². The largest absolute Gasteiger partial charge is 0.487 e. The Bertz CT molecular complexity index is 337. The van der Waals surface area contributed by atoms with Gasteiger partial charge < -0.3 is 4.74 Å². The van der Waals surface area contributed by atoms with Crippen LogP contribution in [0.25, 0.3) is 0 Å². The number of hydrogen-bond donors (Lipinski definition) is 0. The fourth-order valence-electron chi connectivity index (χ4n) is 2.66. The second-order valence-electron chi connectivity index (χ2n) is 4.73. The molecule has 1 aromatic carbocycles. The van der Waals surface area contributed by atoms with E-state index in [9.17, 15) is 0 Å². The van der Waals surface area contributed by atoms with E-state index in [1.807, 2.05) is 0 Å². The summed E-state index contributed by atoms with van der Waals surface area (Å²) < 4.78 is 6.27. The summed E-state index contributed by atoms with van der Waals surface area (Å²) in [6.07, 6.45) is 8.10. The van der Waals surface area contributed by atoms with E-state index >= 15 is 0 Å². The number of para-hydroxylation sites is 1. The second kappa shape index (κ2) is 4.90. The van der Waals surface area contributed by atoms with Crippen LogP contribution in [0.5, 0.6) is 5.75 Å². The van der Waals surface area contributed by atoms with Gasteiger partial charge in [0.15, 0.2) is 0 Å². The lowest BCUT2D eigenvalue weighted by Gasteiger charge is -2.38. The highest BCUT2D eigenvalue weighted by Crippen LogP contribution is 2.39. The standard InChI is InChI=1S/C15H21O/c1-3-10-15(11-4-2)12-9-13-7-5-6-8-14(13)16-15/h5-9H,3-4,10-12H2,1-2H3. The maximum atomic E-state index is 6.27. The molecule has 1 heteroatoms. The molecule has 0 aliphatic carbocycles. The maximum Gasteiger partial charge on any atom is 0.123 e. The molecule has 0 N–H and O–H groups in total. The van der Waals surface area contributed by atoms with E-state index in [0.29, 0.717) is 0 Å². The van der Waals surface area contributed by atoms with Crippen molar-refractivity contribution in [2.45, 2.75) is 51.6 Å². The van der Waals surface area contributed by atoms with Gasteiger partial charge in [-0.1, -0.05) is 44.9 Å². The van der Waals surface area contributed by atoms with Gasteiger partial charge in [0.05, 0.1) is 0 Å². The monoisotopic (exact) mass is 217 g/mol. The molecule has 0 aromatic heterocycles. The fourth-order valence-corrected chi connectivity index (χ4v) is 2.66. The third-order valence-corrected chi connectivity index (χ3v) is 3.35. The Kier molecular flexibility index (Phi) is 3.52. The van der Waals surface area contributed by atoms with E-state index in [0.717, 1.165) is 25.0 Å². The summed E-state index contributed by atoms with van der Waals surface area (Å²) in [6, 6.07) is 8.36. The van der Waals surface area contributed by atoms with Crippen LogP contribution in [0.3, 0.4) is 0 Å². The Morgan fingerprint density at radius 3 is 2.50 bits per heavy atom. The molecule has 0 atom stereocenters. The highest BCUT2D eigenvalue weighted by atomic mass is 16.5. The van der Waals surface area contributed by atoms with Crippen molar-refractivity contribution in [3.05, 3.63) is 36.2 Å². The Balaban J connectivity index is 2.20. The van der Waals surface area contributed by atoms with Crippen molar-refractivity contribution in [2.24, 2.45) is 0 Å². The van der Waals surface area contributed by atoms with Gasteiger partial charge in [-0.3, -0.25) is 0 Å². The molecule has 2 rings (SSSR count). The molecular formula is C15H21O.